The molecule has 0 fully saturated rings. The highest BCUT2D eigenvalue weighted by Gasteiger charge is 2.10. The van der Waals surface area contributed by atoms with Gasteiger partial charge in [0.25, 0.3) is 0 Å². The standard InChI is InChI=1S/C27H34O4/c1-4-21(3)20-22-10-12-23(13-11-22)27(29)24-14-16-25(17-15-24)30-18-8-6-7-9-19-31-26(28)5-2/h5,10-17,21H,2,4,6-9,18-20H2,1,3H3. The Kier molecular flexibility index (Phi) is 10.6. The quantitative estimate of drug-likeness (QED) is 0.158. The average molecular weight is 423 g/mol. The van der Waals surface area contributed by atoms with Crippen molar-refractivity contribution >= 4 is 11.8 Å². The van der Waals surface area contributed by atoms with Crippen LogP contribution in [0.5, 0.6) is 5.75 Å². The molecule has 2 aromatic carbocycles. The van der Waals surface area contributed by atoms with Gasteiger partial charge < -0.3 is 9.47 Å². The molecule has 0 heterocycles. The number of rotatable bonds is 14. The number of ether oxygens (including phenoxy) is 2. The molecule has 0 N–H and O–H groups in total. The summed E-state index contributed by atoms with van der Waals surface area (Å²) in [6, 6.07) is 15.3. The maximum atomic E-state index is 12.7. The summed E-state index contributed by atoms with van der Waals surface area (Å²) in [5, 5.41) is 0. The number of carbonyl (C=O) groups excluding carboxylic acids is 2. The van der Waals surface area contributed by atoms with Crippen molar-refractivity contribution < 1.29 is 19.1 Å². The van der Waals surface area contributed by atoms with Crippen LogP contribution >= 0.6 is 0 Å². The lowest BCUT2D eigenvalue weighted by molar-refractivity contribution is -0.137. The molecule has 0 amide bonds. The summed E-state index contributed by atoms with van der Waals surface area (Å²) in [5.41, 5.74) is 2.64. The van der Waals surface area contributed by atoms with Crippen LogP contribution in [-0.4, -0.2) is 25.0 Å². The van der Waals surface area contributed by atoms with E-state index < -0.39 is 0 Å². The Bertz CT molecular complexity index is 821. The molecule has 0 spiro atoms. The zero-order valence-electron chi connectivity index (χ0n) is 18.8. The molecule has 166 valence electrons. The maximum absolute atomic E-state index is 12.7. The molecule has 0 saturated carbocycles. The second kappa shape index (κ2) is 13.4. The number of ketones is 1. The highest BCUT2D eigenvalue weighted by Crippen LogP contribution is 2.18. The third-order valence-corrected chi connectivity index (χ3v) is 5.33. The molecule has 0 aliphatic heterocycles. The number of benzene rings is 2. The molecule has 4 nitrogen and oxygen atoms in total. The van der Waals surface area contributed by atoms with Crippen LogP contribution in [0.3, 0.4) is 0 Å². The van der Waals surface area contributed by atoms with E-state index in [2.05, 4.69) is 32.6 Å². The molecule has 0 radical (unpaired) electrons. The fraction of sp³-hybridized carbons (Fsp3) is 0.407. The summed E-state index contributed by atoms with van der Waals surface area (Å²) in [7, 11) is 0. The Labute approximate surface area is 186 Å². The van der Waals surface area contributed by atoms with Gasteiger partial charge in [-0.15, -0.1) is 0 Å². The van der Waals surface area contributed by atoms with Crippen LogP contribution < -0.4 is 4.74 Å². The van der Waals surface area contributed by atoms with Crippen LogP contribution in [0.15, 0.2) is 61.2 Å². The summed E-state index contributed by atoms with van der Waals surface area (Å²) >= 11 is 0. The van der Waals surface area contributed by atoms with E-state index in [9.17, 15) is 9.59 Å². The molecule has 4 heteroatoms. The first kappa shape index (κ1) is 24.4. The van der Waals surface area contributed by atoms with Gasteiger partial charge in [-0.1, -0.05) is 51.1 Å². The SMILES string of the molecule is C=CC(=O)OCCCCCCOc1ccc(C(=O)c2ccc(CC(C)CC)cc2)cc1. The van der Waals surface area contributed by atoms with E-state index in [1.54, 1.807) is 0 Å². The van der Waals surface area contributed by atoms with Gasteiger partial charge in [0.1, 0.15) is 5.75 Å². The first-order chi connectivity index (χ1) is 15.0. The maximum Gasteiger partial charge on any atom is 0.330 e. The van der Waals surface area contributed by atoms with Crippen LogP contribution in [-0.2, 0) is 16.0 Å². The Morgan fingerprint density at radius 2 is 1.48 bits per heavy atom. The molecule has 0 aliphatic carbocycles. The summed E-state index contributed by atoms with van der Waals surface area (Å²) < 4.78 is 10.7. The molecule has 0 aliphatic rings. The minimum absolute atomic E-state index is 0.0267. The van der Waals surface area contributed by atoms with Crippen molar-refractivity contribution in [3.63, 3.8) is 0 Å². The highest BCUT2D eigenvalue weighted by atomic mass is 16.5. The number of hydrogen-bond donors (Lipinski definition) is 0. The third-order valence-electron chi connectivity index (χ3n) is 5.33. The van der Waals surface area contributed by atoms with Crippen LogP contribution in [0.2, 0.25) is 0 Å². The van der Waals surface area contributed by atoms with Gasteiger partial charge in [0.05, 0.1) is 13.2 Å². The second-order valence-corrected chi connectivity index (χ2v) is 7.90. The topological polar surface area (TPSA) is 52.6 Å². The van der Waals surface area contributed by atoms with E-state index in [-0.39, 0.29) is 11.8 Å². The van der Waals surface area contributed by atoms with Gasteiger partial charge >= 0.3 is 5.97 Å². The number of hydrogen-bond acceptors (Lipinski definition) is 4. The van der Waals surface area contributed by atoms with Crippen molar-refractivity contribution in [2.45, 2.75) is 52.4 Å². The number of esters is 1. The molecule has 2 rings (SSSR count). The molecular weight excluding hydrogens is 388 g/mol. The van der Waals surface area contributed by atoms with Gasteiger partial charge in [0.2, 0.25) is 0 Å². The number of unbranched alkanes of at least 4 members (excludes halogenated alkanes) is 3. The molecule has 0 saturated heterocycles. The van der Waals surface area contributed by atoms with E-state index in [1.807, 2.05) is 36.4 Å². The van der Waals surface area contributed by atoms with E-state index in [0.29, 0.717) is 30.3 Å². The van der Waals surface area contributed by atoms with Gasteiger partial charge in [-0.25, -0.2) is 4.79 Å². The lowest BCUT2D eigenvalue weighted by atomic mass is 9.96. The number of carbonyl (C=O) groups is 2. The van der Waals surface area contributed by atoms with E-state index in [4.69, 9.17) is 9.47 Å². The van der Waals surface area contributed by atoms with Gasteiger partial charge in [-0.2, -0.15) is 0 Å². The second-order valence-electron chi connectivity index (χ2n) is 7.90. The Morgan fingerprint density at radius 1 is 0.903 bits per heavy atom. The van der Waals surface area contributed by atoms with Crippen molar-refractivity contribution in [1.29, 1.82) is 0 Å². The normalized spacial score (nSPS) is 11.5. The fourth-order valence-corrected chi connectivity index (χ4v) is 3.19. The summed E-state index contributed by atoms with van der Waals surface area (Å²) in [5.74, 6) is 1.07. The van der Waals surface area contributed by atoms with Crippen LogP contribution in [0.1, 0.15) is 67.4 Å². The van der Waals surface area contributed by atoms with E-state index >= 15 is 0 Å². The lowest BCUT2D eigenvalue weighted by Crippen LogP contribution is -2.03. The average Bonchev–Trinajstić information content (AvgIpc) is 2.80. The lowest BCUT2D eigenvalue weighted by Gasteiger charge is -2.09. The molecule has 1 unspecified atom stereocenters. The van der Waals surface area contributed by atoms with Gasteiger partial charge in [0, 0.05) is 17.2 Å². The van der Waals surface area contributed by atoms with Gasteiger partial charge in [0.15, 0.2) is 5.78 Å². The van der Waals surface area contributed by atoms with Crippen molar-refractivity contribution in [1.82, 2.24) is 0 Å². The molecule has 0 bridgehead atoms. The fourth-order valence-electron chi connectivity index (χ4n) is 3.19. The largest absolute Gasteiger partial charge is 0.494 e. The Balaban J connectivity index is 1.71. The monoisotopic (exact) mass is 422 g/mol. The summed E-state index contributed by atoms with van der Waals surface area (Å²) in [6.45, 7) is 8.86. The van der Waals surface area contributed by atoms with Crippen molar-refractivity contribution in [3.8, 4) is 5.75 Å². The zero-order chi connectivity index (χ0) is 22.5. The molecule has 0 aromatic heterocycles. The minimum Gasteiger partial charge on any atom is -0.494 e. The molecular formula is C27H34O4. The molecule has 31 heavy (non-hydrogen) atoms. The van der Waals surface area contributed by atoms with Crippen LogP contribution in [0.25, 0.3) is 0 Å². The van der Waals surface area contributed by atoms with Crippen LogP contribution in [0.4, 0.5) is 0 Å². The summed E-state index contributed by atoms with van der Waals surface area (Å²) in [6.07, 6.45) is 7.14. The highest BCUT2D eigenvalue weighted by molar-refractivity contribution is 6.09. The first-order valence-electron chi connectivity index (χ1n) is 11.2. The Hall–Kier alpha value is -2.88. The van der Waals surface area contributed by atoms with Crippen molar-refractivity contribution in [2.75, 3.05) is 13.2 Å². The predicted octanol–water partition coefficient (Wildman–Crippen LogP) is 6.17. The Morgan fingerprint density at radius 3 is 2.06 bits per heavy atom. The van der Waals surface area contributed by atoms with Gasteiger partial charge in [-0.3, -0.25) is 4.79 Å². The summed E-state index contributed by atoms with van der Waals surface area (Å²) in [4.78, 5) is 23.6. The van der Waals surface area contributed by atoms with Gasteiger partial charge in [-0.05, 0) is 67.9 Å². The van der Waals surface area contributed by atoms with Crippen molar-refractivity contribution in [3.05, 3.63) is 77.9 Å². The van der Waals surface area contributed by atoms with E-state index in [1.165, 1.54) is 11.6 Å². The predicted molar refractivity (Wildman–Crippen MR) is 125 cm³/mol. The molecule has 2 aromatic rings. The van der Waals surface area contributed by atoms with E-state index in [0.717, 1.165) is 44.3 Å². The zero-order valence-corrected chi connectivity index (χ0v) is 18.8. The first-order valence-corrected chi connectivity index (χ1v) is 11.2. The third kappa shape index (κ3) is 8.79. The minimum atomic E-state index is -0.371. The van der Waals surface area contributed by atoms with Crippen molar-refractivity contribution in [2.24, 2.45) is 5.92 Å². The smallest absolute Gasteiger partial charge is 0.330 e. The molecule has 1 atom stereocenters. The van der Waals surface area contributed by atoms with Crippen LogP contribution in [0, 0.1) is 5.92 Å².